The van der Waals surface area contributed by atoms with Crippen LogP contribution in [0.4, 0.5) is 0 Å². The first-order valence-electron chi connectivity index (χ1n) is 5.79. The number of carbonyl (C=O) groups excluding carboxylic acids is 1. The molecule has 0 saturated carbocycles. The van der Waals surface area contributed by atoms with E-state index in [0.29, 0.717) is 18.0 Å². The Kier molecular flexibility index (Phi) is 5.18. The van der Waals surface area contributed by atoms with Gasteiger partial charge < -0.3 is 4.42 Å². The number of nitrogens with two attached hydrogens (primary N) is 1. The number of carbonyl (C=O) groups is 1. The number of rotatable bonds is 6. The van der Waals surface area contributed by atoms with Crippen molar-refractivity contribution in [3.05, 3.63) is 23.7 Å². The Morgan fingerprint density at radius 3 is 2.88 bits per heavy atom. The molecule has 5 heteroatoms. The molecule has 1 amide bonds. The monoisotopic (exact) mass is 239 g/mol. The van der Waals surface area contributed by atoms with E-state index < -0.39 is 0 Å². The first-order valence-corrected chi connectivity index (χ1v) is 5.79. The summed E-state index contributed by atoms with van der Waals surface area (Å²) in [5.41, 5.74) is 2.53. The van der Waals surface area contributed by atoms with Gasteiger partial charge in [-0.15, -0.1) is 0 Å². The average molecular weight is 239 g/mol. The third-order valence-corrected chi connectivity index (χ3v) is 2.56. The number of nitrogen functional groups attached to an aromatic ring is 1. The highest BCUT2D eigenvalue weighted by molar-refractivity contribution is 5.93. The van der Waals surface area contributed by atoms with Crippen LogP contribution in [0.3, 0.4) is 0 Å². The lowest BCUT2D eigenvalue weighted by Crippen LogP contribution is -2.29. The van der Waals surface area contributed by atoms with Crippen molar-refractivity contribution in [3.8, 4) is 0 Å². The fraction of sp³-hybridized carbons (Fsp3) is 0.583. The molecule has 0 aliphatic rings. The molecule has 0 fully saturated rings. The van der Waals surface area contributed by atoms with Crippen molar-refractivity contribution in [1.82, 2.24) is 10.3 Å². The quantitative estimate of drug-likeness (QED) is 0.447. The van der Waals surface area contributed by atoms with E-state index in [2.05, 4.69) is 24.2 Å². The number of hydrazine groups is 1. The second-order valence-corrected chi connectivity index (χ2v) is 4.70. The van der Waals surface area contributed by atoms with Gasteiger partial charge in [0.15, 0.2) is 0 Å². The van der Waals surface area contributed by atoms with E-state index in [1.54, 1.807) is 6.07 Å². The van der Waals surface area contributed by atoms with Crippen molar-refractivity contribution >= 4 is 5.91 Å². The van der Waals surface area contributed by atoms with Crippen LogP contribution in [0.15, 0.2) is 16.7 Å². The molecule has 0 saturated heterocycles. The van der Waals surface area contributed by atoms with Crippen LogP contribution >= 0.6 is 0 Å². The molecule has 0 bridgehead atoms. The molecule has 17 heavy (non-hydrogen) atoms. The molecule has 5 nitrogen and oxygen atoms in total. The van der Waals surface area contributed by atoms with Crippen molar-refractivity contribution in [1.29, 1.82) is 0 Å². The highest BCUT2D eigenvalue weighted by Crippen LogP contribution is 2.10. The molecule has 0 aromatic carbocycles. The summed E-state index contributed by atoms with van der Waals surface area (Å²) in [6.07, 6.45) is 2.57. The van der Waals surface area contributed by atoms with Gasteiger partial charge in [0.25, 0.3) is 5.91 Å². The van der Waals surface area contributed by atoms with Crippen LogP contribution in [0.25, 0.3) is 0 Å². The molecule has 0 atom stereocenters. The summed E-state index contributed by atoms with van der Waals surface area (Å²) in [6.45, 7) is 6.11. The second kappa shape index (κ2) is 6.42. The lowest BCUT2D eigenvalue weighted by Gasteiger charge is -2.16. The predicted octanol–water partition coefficient (Wildman–Crippen LogP) is 1.36. The highest BCUT2D eigenvalue weighted by Gasteiger charge is 2.10. The Morgan fingerprint density at radius 2 is 2.29 bits per heavy atom. The van der Waals surface area contributed by atoms with E-state index in [-0.39, 0.29) is 5.91 Å². The van der Waals surface area contributed by atoms with E-state index in [4.69, 9.17) is 10.3 Å². The molecular weight excluding hydrogens is 218 g/mol. The van der Waals surface area contributed by atoms with Crippen LogP contribution in [0.1, 0.15) is 36.4 Å². The fourth-order valence-electron chi connectivity index (χ4n) is 1.49. The van der Waals surface area contributed by atoms with E-state index in [1.165, 1.54) is 6.26 Å². The summed E-state index contributed by atoms with van der Waals surface area (Å²) in [5.74, 6) is 6.18. The van der Waals surface area contributed by atoms with Gasteiger partial charge in [0.1, 0.15) is 12.0 Å². The second-order valence-electron chi connectivity index (χ2n) is 4.70. The first kappa shape index (κ1) is 13.7. The minimum absolute atomic E-state index is 0.329. The minimum atomic E-state index is -0.329. The van der Waals surface area contributed by atoms with Crippen molar-refractivity contribution in [2.24, 2.45) is 11.8 Å². The maximum absolute atomic E-state index is 11.2. The zero-order chi connectivity index (χ0) is 12.8. The van der Waals surface area contributed by atoms with Gasteiger partial charge in [-0.1, -0.05) is 13.8 Å². The van der Waals surface area contributed by atoms with Crippen molar-refractivity contribution in [2.75, 3.05) is 13.6 Å². The maximum Gasteiger partial charge on any atom is 0.268 e. The molecule has 1 aromatic rings. The molecule has 1 heterocycles. The van der Waals surface area contributed by atoms with Crippen molar-refractivity contribution < 1.29 is 9.21 Å². The topological polar surface area (TPSA) is 71.5 Å². The maximum atomic E-state index is 11.2. The molecule has 1 rings (SSSR count). The third kappa shape index (κ3) is 4.58. The minimum Gasteiger partial charge on any atom is -0.467 e. The Hall–Kier alpha value is -1.33. The fourth-order valence-corrected chi connectivity index (χ4v) is 1.49. The molecule has 3 N–H and O–H groups in total. The summed E-state index contributed by atoms with van der Waals surface area (Å²) in [6, 6.07) is 1.72. The van der Waals surface area contributed by atoms with Crippen LogP contribution in [0.5, 0.6) is 0 Å². The Balaban J connectivity index is 2.46. The summed E-state index contributed by atoms with van der Waals surface area (Å²) < 4.78 is 5.31. The Labute approximate surface area is 102 Å². The molecular formula is C12H21N3O2. The molecule has 0 aliphatic heterocycles. The summed E-state index contributed by atoms with van der Waals surface area (Å²) in [5, 5.41) is 0. The summed E-state index contributed by atoms with van der Waals surface area (Å²) in [7, 11) is 2.04. The molecule has 0 unspecified atom stereocenters. The molecule has 0 radical (unpaired) electrons. The molecule has 0 spiro atoms. The number of nitrogens with one attached hydrogen (secondary N) is 1. The van der Waals surface area contributed by atoms with Gasteiger partial charge in [0, 0.05) is 0 Å². The molecule has 96 valence electrons. The Morgan fingerprint density at radius 1 is 1.59 bits per heavy atom. The van der Waals surface area contributed by atoms with Gasteiger partial charge in [0.2, 0.25) is 0 Å². The largest absolute Gasteiger partial charge is 0.467 e. The smallest absolute Gasteiger partial charge is 0.268 e. The van der Waals surface area contributed by atoms with E-state index in [1.807, 2.05) is 7.05 Å². The van der Waals surface area contributed by atoms with Gasteiger partial charge in [-0.3, -0.25) is 15.1 Å². The third-order valence-electron chi connectivity index (χ3n) is 2.56. The van der Waals surface area contributed by atoms with Gasteiger partial charge in [-0.25, -0.2) is 5.84 Å². The molecule has 1 aromatic heterocycles. The standard InChI is InChI=1S/C12H21N3O2/c1-9(2)4-5-15(3)7-11-6-10(8-17-11)12(16)14-13/h6,8-9H,4-5,7,13H2,1-3H3,(H,14,16). The summed E-state index contributed by atoms with van der Waals surface area (Å²) >= 11 is 0. The SMILES string of the molecule is CC(C)CCN(C)Cc1cc(C(=O)NN)co1. The van der Waals surface area contributed by atoms with E-state index >= 15 is 0 Å². The van der Waals surface area contributed by atoms with E-state index in [0.717, 1.165) is 18.7 Å². The summed E-state index contributed by atoms with van der Waals surface area (Å²) in [4.78, 5) is 13.4. The zero-order valence-corrected chi connectivity index (χ0v) is 10.7. The van der Waals surface area contributed by atoms with Crippen molar-refractivity contribution in [3.63, 3.8) is 0 Å². The van der Waals surface area contributed by atoms with Gasteiger partial charge >= 0.3 is 0 Å². The normalized spacial score (nSPS) is 11.2. The zero-order valence-electron chi connectivity index (χ0n) is 10.7. The number of hydrogen-bond donors (Lipinski definition) is 2. The lowest BCUT2D eigenvalue weighted by atomic mass is 10.1. The highest BCUT2D eigenvalue weighted by atomic mass is 16.3. The van der Waals surface area contributed by atoms with Gasteiger partial charge in [-0.05, 0) is 32.0 Å². The van der Waals surface area contributed by atoms with Crippen LogP contribution in [-0.4, -0.2) is 24.4 Å². The average Bonchev–Trinajstić information content (AvgIpc) is 2.73. The first-order chi connectivity index (χ1) is 8.02. The van der Waals surface area contributed by atoms with Crippen LogP contribution in [0, 0.1) is 5.92 Å². The number of furan rings is 1. The van der Waals surface area contributed by atoms with Gasteiger partial charge in [0.05, 0.1) is 12.1 Å². The Bertz CT molecular complexity index is 360. The van der Waals surface area contributed by atoms with Gasteiger partial charge in [-0.2, -0.15) is 0 Å². The van der Waals surface area contributed by atoms with Crippen LogP contribution in [0.2, 0.25) is 0 Å². The van der Waals surface area contributed by atoms with Crippen molar-refractivity contribution in [2.45, 2.75) is 26.8 Å². The predicted molar refractivity (Wildman–Crippen MR) is 66.2 cm³/mol. The van der Waals surface area contributed by atoms with Crippen LogP contribution < -0.4 is 11.3 Å². The number of nitrogens with zero attached hydrogens (tertiary/aromatic N) is 1. The van der Waals surface area contributed by atoms with E-state index in [9.17, 15) is 4.79 Å². The number of amides is 1. The lowest BCUT2D eigenvalue weighted by molar-refractivity contribution is 0.0953. The molecule has 0 aliphatic carbocycles. The number of hydrogen-bond acceptors (Lipinski definition) is 4. The van der Waals surface area contributed by atoms with Crippen LogP contribution in [-0.2, 0) is 6.54 Å².